The summed E-state index contributed by atoms with van der Waals surface area (Å²) in [5.41, 5.74) is 1.34. The highest BCUT2D eigenvalue weighted by molar-refractivity contribution is 9.10. The first-order chi connectivity index (χ1) is 14.1. The summed E-state index contributed by atoms with van der Waals surface area (Å²) >= 11 is 3.43. The Morgan fingerprint density at radius 2 is 1.97 bits per heavy atom. The van der Waals surface area contributed by atoms with Crippen LogP contribution in [0.3, 0.4) is 0 Å². The molecule has 7 nitrogen and oxygen atoms in total. The largest absolute Gasteiger partial charge is 0.497 e. The number of carbonyl (C=O) groups is 1. The van der Waals surface area contributed by atoms with Gasteiger partial charge in [-0.15, -0.1) is 0 Å². The third-order valence-electron chi connectivity index (χ3n) is 4.46. The van der Waals surface area contributed by atoms with E-state index in [1.54, 1.807) is 31.4 Å². The number of halogens is 1. The molecule has 0 saturated carbocycles. The number of hydrogen-bond acceptors (Lipinski definition) is 5. The molecule has 1 aliphatic heterocycles. The minimum atomic E-state index is -0.251. The third kappa shape index (κ3) is 6.85. The highest BCUT2D eigenvalue weighted by Gasteiger charge is 2.12. The van der Waals surface area contributed by atoms with Crippen LogP contribution in [-0.2, 0) is 4.74 Å². The Bertz CT molecular complexity index is 836. The van der Waals surface area contributed by atoms with Crippen LogP contribution in [-0.4, -0.2) is 63.3 Å². The van der Waals surface area contributed by atoms with Gasteiger partial charge in [0, 0.05) is 35.4 Å². The van der Waals surface area contributed by atoms with Crippen molar-refractivity contribution in [2.45, 2.75) is 0 Å². The molecule has 0 aliphatic carbocycles. The van der Waals surface area contributed by atoms with Crippen molar-refractivity contribution in [1.29, 1.82) is 0 Å². The van der Waals surface area contributed by atoms with Crippen molar-refractivity contribution >= 4 is 33.5 Å². The lowest BCUT2D eigenvalue weighted by Crippen LogP contribution is -2.39. The zero-order valence-electron chi connectivity index (χ0n) is 16.4. The summed E-state index contributed by atoms with van der Waals surface area (Å²) in [6.45, 7) is 4.68. The van der Waals surface area contributed by atoms with Crippen LogP contribution < -0.4 is 15.4 Å². The number of aliphatic imine (C=N–C) groups is 1. The van der Waals surface area contributed by atoms with Crippen molar-refractivity contribution in [2.24, 2.45) is 4.99 Å². The molecular weight excluding hydrogens is 436 g/mol. The summed E-state index contributed by atoms with van der Waals surface area (Å²) in [5.74, 6) is 0.788. The predicted octanol–water partition coefficient (Wildman–Crippen LogP) is 2.99. The van der Waals surface area contributed by atoms with Crippen molar-refractivity contribution in [3.8, 4) is 5.75 Å². The number of ether oxygens (including phenoxy) is 2. The van der Waals surface area contributed by atoms with Crippen molar-refractivity contribution < 1.29 is 14.3 Å². The molecule has 0 radical (unpaired) electrons. The number of amides is 1. The van der Waals surface area contributed by atoms with Gasteiger partial charge in [0.2, 0.25) is 5.96 Å². The van der Waals surface area contributed by atoms with E-state index in [2.05, 4.69) is 36.5 Å². The Balaban J connectivity index is 1.68. The molecule has 8 heteroatoms. The highest BCUT2D eigenvalue weighted by Crippen LogP contribution is 2.15. The Hall–Kier alpha value is -2.42. The zero-order valence-corrected chi connectivity index (χ0v) is 17.9. The smallest absolute Gasteiger partial charge is 0.258 e. The van der Waals surface area contributed by atoms with E-state index in [0.717, 1.165) is 43.0 Å². The molecule has 3 rings (SSSR count). The van der Waals surface area contributed by atoms with Gasteiger partial charge in [0.05, 0.1) is 26.9 Å². The van der Waals surface area contributed by atoms with E-state index >= 15 is 0 Å². The van der Waals surface area contributed by atoms with E-state index in [9.17, 15) is 4.79 Å². The normalized spacial score (nSPS) is 15.0. The maximum absolute atomic E-state index is 12.7. The van der Waals surface area contributed by atoms with Gasteiger partial charge in [-0.25, -0.2) is 0 Å². The van der Waals surface area contributed by atoms with Gasteiger partial charge < -0.3 is 14.8 Å². The Morgan fingerprint density at radius 3 is 2.69 bits per heavy atom. The molecule has 2 N–H and O–H groups in total. The summed E-state index contributed by atoms with van der Waals surface area (Å²) in [6, 6.07) is 14.7. The van der Waals surface area contributed by atoms with Gasteiger partial charge in [-0.05, 0) is 42.5 Å². The van der Waals surface area contributed by atoms with E-state index in [-0.39, 0.29) is 5.91 Å². The molecule has 0 unspecified atom stereocenters. The maximum atomic E-state index is 12.7. The number of rotatable bonds is 6. The van der Waals surface area contributed by atoms with Gasteiger partial charge in [0.15, 0.2) is 0 Å². The summed E-state index contributed by atoms with van der Waals surface area (Å²) in [7, 11) is 1.57. The van der Waals surface area contributed by atoms with E-state index in [4.69, 9.17) is 9.47 Å². The number of hydrogen-bond donors (Lipinski definition) is 2. The summed E-state index contributed by atoms with van der Waals surface area (Å²) in [4.78, 5) is 19.6. The monoisotopic (exact) mass is 460 g/mol. The number of methoxy groups -OCH3 is 1. The van der Waals surface area contributed by atoms with Crippen LogP contribution in [0.4, 0.5) is 5.69 Å². The van der Waals surface area contributed by atoms with Crippen LogP contribution in [0.2, 0.25) is 0 Å². The second-order valence-corrected chi connectivity index (χ2v) is 7.42. The van der Waals surface area contributed by atoms with E-state index in [1.807, 2.05) is 24.3 Å². The van der Waals surface area contributed by atoms with Crippen LogP contribution in [0, 0.1) is 0 Å². The topological polar surface area (TPSA) is 75.2 Å². The molecule has 154 valence electrons. The average Bonchev–Trinajstić information content (AvgIpc) is 2.76. The molecule has 1 fully saturated rings. The Kier molecular flexibility index (Phi) is 8.03. The molecule has 0 bridgehead atoms. The molecule has 0 atom stereocenters. The molecule has 0 aromatic heterocycles. The van der Waals surface area contributed by atoms with E-state index in [0.29, 0.717) is 23.8 Å². The molecule has 0 spiro atoms. The first kappa shape index (κ1) is 21.3. The van der Waals surface area contributed by atoms with Gasteiger partial charge in [0.1, 0.15) is 5.75 Å². The van der Waals surface area contributed by atoms with Gasteiger partial charge in [0.25, 0.3) is 5.91 Å². The SMILES string of the molecule is COc1cccc(C(=O)NC(=NCCN2CCOCC2)Nc2ccc(Br)cc2)c1. The standard InChI is InChI=1S/C21H25BrN4O3/c1-28-19-4-2-3-16(15-19)20(27)25-21(24-18-7-5-17(22)6-8-18)23-9-10-26-11-13-29-14-12-26/h2-8,15H,9-14H2,1H3,(H2,23,24,25,27). The van der Waals surface area contributed by atoms with Gasteiger partial charge in [-0.1, -0.05) is 22.0 Å². The molecule has 2 aromatic rings. The molecule has 1 amide bonds. The van der Waals surface area contributed by atoms with Crippen LogP contribution in [0.1, 0.15) is 10.4 Å². The Labute approximate surface area is 179 Å². The van der Waals surface area contributed by atoms with Crippen molar-refractivity contribution in [3.63, 3.8) is 0 Å². The number of nitrogens with one attached hydrogen (secondary N) is 2. The number of nitrogens with zero attached hydrogens (tertiary/aromatic N) is 2. The quantitative estimate of drug-likeness (QED) is 0.511. The minimum Gasteiger partial charge on any atom is -0.497 e. The second-order valence-electron chi connectivity index (χ2n) is 6.50. The number of morpholine rings is 1. The van der Waals surface area contributed by atoms with Crippen molar-refractivity contribution in [1.82, 2.24) is 10.2 Å². The fourth-order valence-corrected chi connectivity index (χ4v) is 3.12. The molecular formula is C21H25BrN4O3. The number of anilines is 1. The lowest BCUT2D eigenvalue weighted by Gasteiger charge is -2.25. The lowest BCUT2D eigenvalue weighted by molar-refractivity contribution is 0.0394. The minimum absolute atomic E-state index is 0.251. The Morgan fingerprint density at radius 1 is 1.21 bits per heavy atom. The highest BCUT2D eigenvalue weighted by atomic mass is 79.9. The summed E-state index contributed by atoms with van der Waals surface area (Å²) in [5, 5.41) is 6.07. The first-order valence-electron chi connectivity index (χ1n) is 9.46. The van der Waals surface area contributed by atoms with Crippen LogP contribution in [0.15, 0.2) is 58.0 Å². The van der Waals surface area contributed by atoms with Gasteiger partial charge >= 0.3 is 0 Å². The van der Waals surface area contributed by atoms with Crippen molar-refractivity contribution in [2.75, 3.05) is 51.8 Å². The van der Waals surface area contributed by atoms with Crippen LogP contribution >= 0.6 is 15.9 Å². The fraction of sp³-hybridized carbons (Fsp3) is 0.333. The van der Waals surface area contributed by atoms with Crippen LogP contribution in [0.5, 0.6) is 5.75 Å². The molecule has 1 saturated heterocycles. The maximum Gasteiger partial charge on any atom is 0.258 e. The average molecular weight is 461 g/mol. The van der Waals surface area contributed by atoms with Gasteiger partial charge in [-0.3, -0.25) is 20.0 Å². The third-order valence-corrected chi connectivity index (χ3v) is 4.99. The predicted molar refractivity (Wildman–Crippen MR) is 118 cm³/mol. The number of guanidine groups is 1. The zero-order chi connectivity index (χ0) is 20.5. The molecule has 29 heavy (non-hydrogen) atoms. The summed E-state index contributed by atoms with van der Waals surface area (Å²) in [6.07, 6.45) is 0. The van der Waals surface area contributed by atoms with E-state index in [1.165, 1.54) is 0 Å². The molecule has 1 aliphatic rings. The van der Waals surface area contributed by atoms with Gasteiger partial charge in [-0.2, -0.15) is 0 Å². The van der Waals surface area contributed by atoms with Crippen molar-refractivity contribution in [3.05, 3.63) is 58.6 Å². The number of carbonyl (C=O) groups excluding carboxylic acids is 1. The number of benzene rings is 2. The molecule has 2 aromatic carbocycles. The van der Waals surface area contributed by atoms with E-state index < -0.39 is 0 Å². The first-order valence-corrected chi connectivity index (χ1v) is 10.3. The lowest BCUT2D eigenvalue weighted by atomic mass is 10.2. The second kappa shape index (κ2) is 10.9. The molecule has 1 heterocycles. The van der Waals surface area contributed by atoms with Crippen LogP contribution in [0.25, 0.3) is 0 Å². The summed E-state index contributed by atoms with van der Waals surface area (Å²) < 4.78 is 11.6. The fourth-order valence-electron chi connectivity index (χ4n) is 2.85.